The highest BCUT2D eigenvalue weighted by Gasteiger charge is 2.34. The molecule has 2 aromatic carbocycles. The van der Waals surface area contributed by atoms with E-state index >= 15 is 0 Å². The van der Waals surface area contributed by atoms with E-state index in [2.05, 4.69) is 21.0 Å². The minimum absolute atomic E-state index is 0.121. The highest BCUT2D eigenvalue weighted by atomic mass is 16.3. The number of carbonyl (C=O) groups is 1. The zero-order valence-corrected chi connectivity index (χ0v) is 17.1. The number of Topliss-reactive ketones (excluding diaryl/α,β-unsaturated/α-hetero) is 1. The van der Waals surface area contributed by atoms with Crippen molar-refractivity contribution in [3.05, 3.63) is 66.0 Å². The monoisotopic (exact) mass is 402 g/mol. The number of para-hydroxylation sites is 1. The lowest BCUT2D eigenvalue weighted by atomic mass is 9.91. The molecular formula is C24H26N4O2. The first kappa shape index (κ1) is 19.0. The van der Waals surface area contributed by atoms with Crippen LogP contribution in [0.5, 0.6) is 0 Å². The third kappa shape index (κ3) is 3.53. The molecule has 0 saturated carbocycles. The minimum atomic E-state index is -0.799. The van der Waals surface area contributed by atoms with Crippen molar-refractivity contribution in [2.45, 2.75) is 31.9 Å². The number of hydrogen-bond acceptors (Lipinski definition) is 4. The minimum Gasteiger partial charge on any atom is -0.388 e. The number of carbonyl (C=O) groups excluding carboxylic acids is 1. The van der Waals surface area contributed by atoms with Crippen LogP contribution in [0.4, 0.5) is 0 Å². The number of ketones is 1. The molecule has 2 N–H and O–H groups in total. The van der Waals surface area contributed by atoms with Gasteiger partial charge in [-0.15, -0.1) is 0 Å². The van der Waals surface area contributed by atoms with Gasteiger partial charge in [0.15, 0.2) is 5.78 Å². The molecular weight excluding hydrogens is 376 g/mol. The van der Waals surface area contributed by atoms with Gasteiger partial charge in [0.05, 0.1) is 30.4 Å². The van der Waals surface area contributed by atoms with Crippen molar-refractivity contribution in [2.75, 3.05) is 19.6 Å². The molecule has 1 saturated heterocycles. The van der Waals surface area contributed by atoms with E-state index in [0.717, 1.165) is 32.9 Å². The summed E-state index contributed by atoms with van der Waals surface area (Å²) in [6.07, 6.45) is 4.91. The van der Waals surface area contributed by atoms with Gasteiger partial charge < -0.3 is 10.1 Å². The standard InChI is InChI=1S/C24H26N4O2/c1-17-6-7-21-19(12-17)20(14-25-21)23(29)15-27-10-8-24(30,9-11-27)16-28-22-5-3-2-4-18(22)13-26-28/h2-7,12-14,25,30H,8-11,15-16H2,1H3. The number of fused-ring (bicyclic) bond motifs is 2. The molecule has 30 heavy (non-hydrogen) atoms. The second kappa shape index (κ2) is 7.38. The normalized spacial score (nSPS) is 17.0. The van der Waals surface area contributed by atoms with Crippen LogP contribution >= 0.6 is 0 Å². The van der Waals surface area contributed by atoms with Crippen LogP contribution in [0.2, 0.25) is 0 Å². The highest BCUT2D eigenvalue weighted by Crippen LogP contribution is 2.27. The Morgan fingerprint density at radius 2 is 2.00 bits per heavy atom. The van der Waals surface area contributed by atoms with E-state index in [1.165, 1.54) is 0 Å². The maximum Gasteiger partial charge on any atom is 0.178 e. The van der Waals surface area contributed by atoms with Gasteiger partial charge >= 0.3 is 0 Å². The van der Waals surface area contributed by atoms with Crippen LogP contribution in [0.25, 0.3) is 21.8 Å². The Morgan fingerprint density at radius 1 is 1.20 bits per heavy atom. The van der Waals surface area contributed by atoms with E-state index in [-0.39, 0.29) is 5.78 Å². The van der Waals surface area contributed by atoms with Crippen molar-refractivity contribution in [3.63, 3.8) is 0 Å². The predicted octanol–water partition coefficient (Wildman–Crippen LogP) is 3.54. The van der Waals surface area contributed by atoms with E-state index in [9.17, 15) is 9.90 Å². The molecule has 2 aromatic heterocycles. The van der Waals surface area contributed by atoms with Crippen molar-refractivity contribution < 1.29 is 9.90 Å². The van der Waals surface area contributed by atoms with Crippen LogP contribution in [0.15, 0.2) is 54.9 Å². The summed E-state index contributed by atoms with van der Waals surface area (Å²) in [5.41, 5.74) is 3.12. The number of nitrogens with one attached hydrogen (secondary N) is 1. The number of aryl methyl sites for hydroxylation is 1. The maximum atomic E-state index is 12.9. The van der Waals surface area contributed by atoms with Gasteiger partial charge in [0.2, 0.25) is 0 Å². The Balaban J connectivity index is 1.24. The number of aromatic nitrogens is 3. The van der Waals surface area contributed by atoms with Crippen LogP contribution in [-0.4, -0.2) is 55.8 Å². The summed E-state index contributed by atoms with van der Waals surface area (Å²) in [7, 11) is 0. The Labute approximate surface area is 175 Å². The Bertz CT molecular complexity index is 1210. The Kier molecular flexibility index (Phi) is 4.68. The number of rotatable bonds is 5. The number of aromatic amines is 1. The first-order chi connectivity index (χ1) is 14.5. The zero-order valence-electron chi connectivity index (χ0n) is 17.1. The fraction of sp³-hybridized carbons (Fsp3) is 0.333. The van der Waals surface area contributed by atoms with Gasteiger partial charge in [0.25, 0.3) is 0 Å². The third-order valence-electron chi connectivity index (χ3n) is 6.29. The van der Waals surface area contributed by atoms with Crippen LogP contribution in [0, 0.1) is 6.92 Å². The van der Waals surface area contributed by atoms with Gasteiger partial charge in [-0.1, -0.05) is 29.8 Å². The summed E-state index contributed by atoms with van der Waals surface area (Å²) in [6.45, 7) is 4.28. The van der Waals surface area contributed by atoms with Crippen LogP contribution in [0.3, 0.4) is 0 Å². The summed E-state index contributed by atoms with van der Waals surface area (Å²) >= 11 is 0. The summed E-state index contributed by atoms with van der Waals surface area (Å²) < 4.78 is 1.89. The molecule has 154 valence electrons. The molecule has 1 aliphatic rings. The fourth-order valence-corrected chi connectivity index (χ4v) is 4.47. The fourth-order valence-electron chi connectivity index (χ4n) is 4.47. The largest absolute Gasteiger partial charge is 0.388 e. The molecule has 0 atom stereocenters. The zero-order chi connectivity index (χ0) is 20.7. The maximum absolute atomic E-state index is 12.9. The van der Waals surface area contributed by atoms with Crippen molar-refractivity contribution in [1.82, 2.24) is 19.7 Å². The average Bonchev–Trinajstić information content (AvgIpc) is 3.34. The number of aliphatic hydroxyl groups is 1. The lowest BCUT2D eigenvalue weighted by Crippen LogP contribution is -2.48. The number of likely N-dealkylation sites (tertiary alicyclic amines) is 1. The molecule has 0 bridgehead atoms. The number of piperidine rings is 1. The number of nitrogens with zero attached hydrogens (tertiary/aromatic N) is 3. The van der Waals surface area contributed by atoms with E-state index in [4.69, 9.17) is 0 Å². The molecule has 1 fully saturated rings. The lowest BCUT2D eigenvalue weighted by Gasteiger charge is -2.37. The molecule has 0 radical (unpaired) electrons. The van der Waals surface area contributed by atoms with Gasteiger partial charge in [0, 0.05) is 41.1 Å². The van der Waals surface area contributed by atoms with Crippen molar-refractivity contribution in [3.8, 4) is 0 Å². The molecule has 3 heterocycles. The van der Waals surface area contributed by atoms with Crippen molar-refractivity contribution in [1.29, 1.82) is 0 Å². The second-order valence-electron chi connectivity index (χ2n) is 8.54. The van der Waals surface area contributed by atoms with E-state index in [1.54, 1.807) is 0 Å². The number of benzene rings is 2. The summed E-state index contributed by atoms with van der Waals surface area (Å²) in [5.74, 6) is 0.121. The third-order valence-corrected chi connectivity index (χ3v) is 6.29. The predicted molar refractivity (Wildman–Crippen MR) is 118 cm³/mol. The molecule has 1 aliphatic heterocycles. The molecule has 6 nitrogen and oxygen atoms in total. The molecule has 6 heteroatoms. The van der Waals surface area contributed by atoms with Crippen LogP contribution in [0.1, 0.15) is 28.8 Å². The summed E-state index contributed by atoms with van der Waals surface area (Å²) in [4.78, 5) is 18.3. The molecule has 0 unspecified atom stereocenters. The average molecular weight is 402 g/mol. The summed E-state index contributed by atoms with van der Waals surface area (Å²) in [5, 5.41) is 17.7. The molecule has 0 amide bonds. The Hall–Kier alpha value is -2.96. The van der Waals surface area contributed by atoms with Crippen molar-refractivity contribution >= 4 is 27.6 Å². The van der Waals surface area contributed by atoms with Gasteiger partial charge in [0.1, 0.15) is 0 Å². The van der Waals surface area contributed by atoms with Gasteiger partial charge in [-0.3, -0.25) is 14.4 Å². The van der Waals surface area contributed by atoms with E-state index in [1.807, 2.05) is 60.4 Å². The second-order valence-corrected chi connectivity index (χ2v) is 8.54. The quantitative estimate of drug-likeness (QED) is 0.501. The lowest BCUT2D eigenvalue weighted by molar-refractivity contribution is -0.0342. The van der Waals surface area contributed by atoms with Gasteiger partial charge in [-0.25, -0.2) is 0 Å². The SMILES string of the molecule is Cc1ccc2[nH]cc(C(=O)CN3CCC(O)(Cn4ncc5ccccc54)CC3)c2c1. The van der Waals surface area contributed by atoms with Crippen LogP contribution in [-0.2, 0) is 6.54 Å². The summed E-state index contributed by atoms with van der Waals surface area (Å²) in [6, 6.07) is 14.2. The number of H-pyrrole nitrogens is 1. The molecule has 4 aromatic rings. The Morgan fingerprint density at radius 3 is 2.83 bits per heavy atom. The van der Waals surface area contributed by atoms with E-state index in [0.29, 0.717) is 39.0 Å². The van der Waals surface area contributed by atoms with Gasteiger partial charge in [-0.05, 0) is 38.0 Å². The topological polar surface area (TPSA) is 74.2 Å². The van der Waals surface area contributed by atoms with E-state index < -0.39 is 5.60 Å². The first-order valence-electron chi connectivity index (χ1n) is 10.5. The molecule has 0 spiro atoms. The molecule has 0 aliphatic carbocycles. The van der Waals surface area contributed by atoms with Gasteiger partial charge in [-0.2, -0.15) is 5.10 Å². The first-order valence-corrected chi connectivity index (χ1v) is 10.5. The highest BCUT2D eigenvalue weighted by molar-refractivity contribution is 6.08. The smallest absolute Gasteiger partial charge is 0.178 e. The van der Waals surface area contributed by atoms with Crippen LogP contribution < -0.4 is 0 Å². The van der Waals surface area contributed by atoms with Crippen molar-refractivity contribution in [2.24, 2.45) is 0 Å². The molecule has 5 rings (SSSR count). The number of hydrogen-bond donors (Lipinski definition) is 2.